The summed E-state index contributed by atoms with van der Waals surface area (Å²) >= 11 is 12.7. The first kappa shape index (κ1) is 19.4. The van der Waals surface area contributed by atoms with Crippen LogP contribution in [0.4, 0.5) is 5.69 Å². The molecule has 3 unspecified atom stereocenters. The molecule has 1 heterocycles. The normalized spacial score (nSPS) is 23.0. The standard InChI is InChI=1S/C23H24Cl2N2O/c1-23(2,3)27-22(28)18-9-5-8-16-14-6-4-7-15(14)20(26-21(16)18)17-11-10-13(24)12-19(17)25/h4-6,8-12,14-15,20,26H,7H2,1-3H3,(H,27,28). The molecule has 0 saturated heterocycles. The predicted molar refractivity (Wildman–Crippen MR) is 116 cm³/mol. The Morgan fingerprint density at radius 3 is 2.64 bits per heavy atom. The Labute approximate surface area is 176 Å². The van der Waals surface area contributed by atoms with Crippen molar-refractivity contribution in [3.05, 3.63) is 75.3 Å². The molecule has 1 aliphatic carbocycles. The molecule has 146 valence electrons. The van der Waals surface area contributed by atoms with E-state index >= 15 is 0 Å². The van der Waals surface area contributed by atoms with Crippen LogP contribution in [-0.4, -0.2) is 11.4 Å². The van der Waals surface area contributed by atoms with E-state index in [1.807, 2.05) is 45.0 Å². The highest BCUT2D eigenvalue weighted by Crippen LogP contribution is 2.51. The molecule has 2 aromatic rings. The molecular formula is C23H24Cl2N2O. The minimum atomic E-state index is -0.302. The van der Waals surface area contributed by atoms with Crippen molar-refractivity contribution in [2.24, 2.45) is 5.92 Å². The SMILES string of the molecule is CC(C)(C)NC(=O)c1cccc2c1NC(c1ccc(Cl)cc1Cl)C1CC=CC21. The number of rotatable bonds is 2. The first-order chi connectivity index (χ1) is 13.2. The molecule has 0 bridgehead atoms. The van der Waals surface area contributed by atoms with Crippen LogP contribution < -0.4 is 10.6 Å². The number of carbonyl (C=O) groups excluding carboxylic acids is 1. The average Bonchev–Trinajstić information content (AvgIpc) is 3.09. The van der Waals surface area contributed by atoms with E-state index in [0.29, 0.717) is 21.5 Å². The summed E-state index contributed by atoms with van der Waals surface area (Å²) in [5.74, 6) is 0.542. The maximum Gasteiger partial charge on any atom is 0.253 e. The molecule has 2 aliphatic rings. The van der Waals surface area contributed by atoms with Crippen molar-refractivity contribution >= 4 is 34.8 Å². The number of allylic oxidation sites excluding steroid dienone is 2. The second-order valence-electron chi connectivity index (χ2n) is 8.62. The van der Waals surface area contributed by atoms with E-state index in [2.05, 4.69) is 28.9 Å². The van der Waals surface area contributed by atoms with E-state index in [4.69, 9.17) is 23.2 Å². The van der Waals surface area contributed by atoms with Gasteiger partial charge in [0.05, 0.1) is 17.3 Å². The van der Waals surface area contributed by atoms with Crippen LogP contribution in [0.2, 0.25) is 10.0 Å². The quantitative estimate of drug-likeness (QED) is 0.562. The van der Waals surface area contributed by atoms with Crippen molar-refractivity contribution in [2.45, 2.75) is 44.7 Å². The van der Waals surface area contributed by atoms with Gasteiger partial charge in [0.1, 0.15) is 0 Å². The van der Waals surface area contributed by atoms with E-state index in [-0.39, 0.29) is 23.4 Å². The second kappa shape index (κ2) is 7.13. The largest absolute Gasteiger partial charge is 0.377 e. The molecular weight excluding hydrogens is 391 g/mol. The fraction of sp³-hybridized carbons (Fsp3) is 0.348. The van der Waals surface area contributed by atoms with E-state index in [1.54, 1.807) is 6.07 Å². The summed E-state index contributed by atoms with van der Waals surface area (Å²) in [7, 11) is 0. The van der Waals surface area contributed by atoms with Crippen molar-refractivity contribution in [2.75, 3.05) is 5.32 Å². The van der Waals surface area contributed by atoms with Crippen LogP contribution in [0.25, 0.3) is 0 Å². The van der Waals surface area contributed by atoms with Crippen LogP contribution in [0, 0.1) is 5.92 Å². The molecule has 2 aromatic carbocycles. The molecule has 3 nitrogen and oxygen atoms in total. The molecule has 0 saturated carbocycles. The number of carbonyl (C=O) groups is 1. The smallest absolute Gasteiger partial charge is 0.253 e. The number of halogens is 2. The minimum absolute atomic E-state index is 0.0147. The number of para-hydroxylation sites is 1. The van der Waals surface area contributed by atoms with Crippen molar-refractivity contribution in [3.8, 4) is 0 Å². The molecule has 0 spiro atoms. The van der Waals surface area contributed by atoms with Crippen molar-refractivity contribution in [1.29, 1.82) is 0 Å². The zero-order valence-electron chi connectivity index (χ0n) is 16.2. The van der Waals surface area contributed by atoms with Gasteiger partial charge in [-0.2, -0.15) is 0 Å². The molecule has 5 heteroatoms. The summed E-state index contributed by atoms with van der Waals surface area (Å²) < 4.78 is 0. The van der Waals surface area contributed by atoms with Gasteiger partial charge in [-0.3, -0.25) is 4.79 Å². The Morgan fingerprint density at radius 1 is 1.14 bits per heavy atom. The van der Waals surface area contributed by atoms with Crippen LogP contribution in [-0.2, 0) is 0 Å². The van der Waals surface area contributed by atoms with E-state index in [9.17, 15) is 4.79 Å². The van der Waals surface area contributed by atoms with Gasteiger partial charge in [-0.25, -0.2) is 0 Å². The number of benzene rings is 2. The van der Waals surface area contributed by atoms with Crippen LogP contribution >= 0.6 is 23.2 Å². The molecule has 0 aromatic heterocycles. The summed E-state index contributed by atoms with van der Waals surface area (Å²) in [6, 6.07) is 11.6. The third kappa shape index (κ3) is 3.54. The lowest BCUT2D eigenvalue weighted by molar-refractivity contribution is 0.0920. The molecule has 0 fully saturated rings. The summed E-state index contributed by atoms with van der Waals surface area (Å²) in [5, 5.41) is 8.00. The maximum atomic E-state index is 13.0. The topological polar surface area (TPSA) is 41.1 Å². The first-order valence-corrected chi connectivity index (χ1v) is 10.3. The minimum Gasteiger partial charge on any atom is -0.377 e. The Hall–Kier alpha value is -1.97. The van der Waals surface area contributed by atoms with Crippen LogP contribution in [0.15, 0.2) is 48.6 Å². The summed E-state index contributed by atoms with van der Waals surface area (Å²) in [5.41, 5.74) is 3.45. The highest BCUT2D eigenvalue weighted by Gasteiger charge is 2.40. The Bertz CT molecular complexity index is 962. The fourth-order valence-corrected chi connectivity index (χ4v) is 4.81. The average molecular weight is 415 g/mol. The van der Waals surface area contributed by atoms with Crippen LogP contribution in [0.1, 0.15) is 60.6 Å². The van der Waals surface area contributed by atoms with Crippen LogP contribution in [0.5, 0.6) is 0 Å². The third-order valence-corrected chi connectivity index (χ3v) is 5.99. The van der Waals surface area contributed by atoms with Gasteiger partial charge in [-0.05, 0) is 62.4 Å². The lowest BCUT2D eigenvalue weighted by atomic mass is 9.76. The van der Waals surface area contributed by atoms with Crippen molar-refractivity contribution in [1.82, 2.24) is 5.32 Å². The molecule has 2 N–H and O–H groups in total. The lowest BCUT2D eigenvalue weighted by Crippen LogP contribution is -2.41. The summed E-state index contributed by atoms with van der Waals surface area (Å²) in [6.45, 7) is 5.96. The molecule has 0 radical (unpaired) electrons. The maximum absolute atomic E-state index is 13.0. The number of hydrogen-bond acceptors (Lipinski definition) is 2. The molecule has 1 amide bonds. The Morgan fingerprint density at radius 2 is 1.93 bits per heavy atom. The fourth-order valence-electron chi connectivity index (χ4n) is 4.28. The van der Waals surface area contributed by atoms with Gasteiger partial charge in [-0.1, -0.05) is 53.6 Å². The summed E-state index contributed by atoms with van der Waals surface area (Å²) in [4.78, 5) is 13.0. The summed E-state index contributed by atoms with van der Waals surface area (Å²) in [6.07, 6.45) is 5.45. The molecule has 3 atom stereocenters. The second-order valence-corrected chi connectivity index (χ2v) is 9.46. The zero-order valence-corrected chi connectivity index (χ0v) is 17.7. The van der Waals surface area contributed by atoms with Crippen LogP contribution in [0.3, 0.4) is 0 Å². The molecule has 1 aliphatic heterocycles. The lowest BCUT2D eigenvalue weighted by Gasteiger charge is -2.39. The number of nitrogens with one attached hydrogen (secondary N) is 2. The van der Waals surface area contributed by atoms with Crippen molar-refractivity contribution in [3.63, 3.8) is 0 Å². The monoisotopic (exact) mass is 414 g/mol. The number of anilines is 1. The highest BCUT2D eigenvalue weighted by atomic mass is 35.5. The molecule has 4 rings (SSSR count). The third-order valence-electron chi connectivity index (χ3n) is 5.43. The van der Waals surface area contributed by atoms with E-state index in [1.165, 1.54) is 5.56 Å². The number of hydrogen-bond donors (Lipinski definition) is 2. The van der Waals surface area contributed by atoms with Crippen molar-refractivity contribution < 1.29 is 4.79 Å². The van der Waals surface area contributed by atoms with Gasteiger partial charge in [-0.15, -0.1) is 0 Å². The highest BCUT2D eigenvalue weighted by molar-refractivity contribution is 6.35. The Kier molecular flexibility index (Phi) is 4.93. The number of amides is 1. The first-order valence-electron chi connectivity index (χ1n) is 9.58. The van der Waals surface area contributed by atoms with Gasteiger partial charge in [0, 0.05) is 21.5 Å². The zero-order chi connectivity index (χ0) is 20.1. The van der Waals surface area contributed by atoms with Gasteiger partial charge in [0.2, 0.25) is 0 Å². The van der Waals surface area contributed by atoms with Gasteiger partial charge in [0.25, 0.3) is 5.91 Å². The van der Waals surface area contributed by atoms with Gasteiger partial charge < -0.3 is 10.6 Å². The van der Waals surface area contributed by atoms with Gasteiger partial charge in [0.15, 0.2) is 0 Å². The molecule has 28 heavy (non-hydrogen) atoms. The van der Waals surface area contributed by atoms with E-state index < -0.39 is 0 Å². The number of fused-ring (bicyclic) bond motifs is 3. The van der Waals surface area contributed by atoms with Gasteiger partial charge >= 0.3 is 0 Å². The predicted octanol–water partition coefficient (Wildman–Crippen LogP) is 6.35. The van der Waals surface area contributed by atoms with E-state index in [0.717, 1.165) is 17.7 Å². The Balaban J connectivity index is 1.79.